The molecule has 94 valence electrons. The quantitative estimate of drug-likeness (QED) is 0.465. The summed E-state index contributed by atoms with van der Waals surface area (Å²) in [5, 5.41) is 15.0. The van der Waals surface area contributed by atoms with Crippen molar-refractivity contribution in [3.05, 3.63) is 34.1 Å². The van der Waals surface area contributed by atoms with E-state index >= 15 is 0 Å². The summed E-state index contributed by atoms with van der Waals surface area (Å²) in [5.74, 6) is -1.84. The Morgan fingerprint density at radius 1 is 1.44 bits per heavy atom. The van der Waals surface area contributed by atoms with Gasteiger partial charge < -0.3 is 5.32 Å². The minimum atomic E-state index is -0.853. The number of rotatable bonds is 3. The SMILES string of the molecule is O=C1CC(Nc2ccc([N+](=O)[O-])cc2F)C(=O)N1. The Morgan fingerprint density at radius 2 is 2.17 bits per heavy atom. The average molecular weight is 253 g/mol. The van der Waals surface area contributed by atoms with Gasteiger partial charge in [-0.25, -0.2) is 4.39 Å². The fourth-order valence-corrected chi connectivity index (χ4v) is 1.59. The van der Waals surface area contributed by atoms with Crippen molar-refractivity contribution < 1.29 is 18.9 Å². The van der Waals surface area contributed by atoms with Gasteiger partial charge >= 0.3 is 0 Å². The number of carbonyl (C=O) groups is 2. The van der Waals surface area contributed by atoms with Crippen molar-refractivity contribution in [1.29, 1.82) is 0 Å². The number of hydrogen-bond acceptors (Lipinski definition) is 5. The van der Waals surface area contributed by atoms with Gasteiger partial charge in [-0.1, -0.05) is 0 Å². The summed E-state index contributed by atoms with van der Waals surface area (Å²) in [6, 6.07) is 2.16. The van der Waals surface area contributed by atoms with Crippen molar-refractivity contribution in [1.82, 2.24) is 5.32 Å². The lowest BCUT2D eigenvalue weighted by Crippen LogP contribution is -2.30. The fourth-order valence-electron chi connectivity index (χ4n) is 1.59. The van der Waals surface area contributed by atoms with E-state index in [0.717, 1.165) is 18.2 Å². The van der Waals surface area contributed by atoms with Crippen LogP contribution in [0.2, 0.25) is 0 Å². The molecule has 0 aliphatic carbocycles. The zero-order valence-electron chi connectivity index (χ0n) is 8.97. The number of halogens is 1. The minimum Gasteiger partial charge on any atom is -0.371 e. The summed E-state index contributed by atoms with van der Waals surface area (Å²) in [4.78, 5) is 31.9. The molecule has 0 aromatic heterocycles. The molecule has 2 N–H and O–H groups in total. The van der Waals surface area contributed by atoms with Gasteiger partial charge in [0, 0.05) is 6.07 Å². The molecule has 1 unspecified atom stereocenters. The number of nitro groups is 1. The van der Waals surface area contributed by atoms with Gasteiger partial charge in [0.05, 0.1) is 23.1 Å². The lowest BCUT2D eigenvalue weighted by atomic mass is 10.2. The predicted molar refractivity (Wildman–Crippen MR) is 58.2 cm³/mol. The number of non-ortho nitro benzene ring substituents is 1. The molecule has 0 bridgehead atoms. The van der Waals surface area contributed by atoms with E-state index in [1.54, 1.807) is 0 Å². The molecule has 2 rings (SSSR count). The van der Waals surface area contributed by atoms with E-state index in [1.807, 2.05) is 0 Å². The van der Waals surface area contributed by atoms with Crippen LogP contribution >= 0.6 is 0 Å². The van der Waals surface area contributed by atoms with Gasteiger partial charge in [-0.05, 0) is 6.07 Å². The second-order valence-electron chi connectivity index (χ2n) is 3.73. The Bertz CT molecular complexity index is 546. The number of nitro benzene ring substituents is 1. The Labute approximate surface area is 100 Å². The molecule has 1 aliphatic rings. The average Bonchev–Trinajstić information content (AvgIpc) is 2.60. The molecule has 8 heteroatoms. The third kappa shape index (κ3) is 2.26. The normalized spacial score (nSPS) is 18.6. The molecule has 1 heterocycles. The van der Waals surface area contributed by atoms with Gasteiger partial charge in [0.2, 0.25) is 11.8 Å². The molecular formula is C10H8FN3O4. The Hall–Kier alpha value is -2.51. The van der Waals surface area contributed by atoms with E-state index in [9.17, 15) is 24.1 Å². The highest BCUT2D eigenvalue weighted by Gasteiger charge is 2.31. The highest BCUT2D eigenvalue weighted by Crippen LogP contribution is 2.22. The number of carbonyl (C=O) groups excluding carboxylic acids is 2. The second-order valence-corrected chi connectivity index (χ2v) is 3.73. The number of hydrogen-bond donors (Lipinski definition) is 2. The standard InChI is InChI=1S/C10H8FN3O4/c11-6-3-5(14(17)18)1-2-7(6)12-8-4-9(15)13-10(8)16/h1-3,8,12H,4H2,(H,13,15,16). The van der Waals surface area contributed by atoms with Crippen molar-refractivity contribution in [3.8, 4) is 0 Å². The Morgan fingerprint density at radius 3 is 2.67 bits per heavy atom. The van der Waals surface area contributed by atoms with E-state index in [2.05, 4.69) is 10.6 Å². The molecule has 1 aliphatic heterocycles. The molecule has 0 saturated carbocycles. The summed E-state index contributed by atoms with van der Waals surface area (Å²) in [6.45, 7) is 0. The molecule has 18 heavy (non-hydrogen) atoms. The van der Waals surface area contributed by atoms with Gasteiger partial charge in [0.15, 0.2) is 5.82 Å². The van der Waals surface area contributed by atoms with Gasteiger partial charge in [-0.3, -0.25) is 25.0 Å². The first kappa shape index (κ1) is 12.0. The molecule has 1 aromatic carbocycles. The largest absolute Gasteiger partial charge is 0.371 e. The van der Waals surface area contributed by atoms with Gasteiger partial charge in [0.1, 0.15) is 6.04 Å². The van der Waals surface area contributed by atoms with E-state index in [1.165, 1.54) is 0 Å². The minimum absolute atomic E-state index is 0.0598. The highest BCUT2D eigenvalue weighted by atomic mass is 19.1. The van der Waals surface area contributed by atoms with Crippen LogP contribution < -0.4 is 10.6 Å². The van der Waals surface area contributed by atoms with E-state index in [4.69, 9.17) is 0 Å². The van der Waals surface area contributed by atoms with Crippen molar-refractivity contribution in [3.63, 3.8) is 0 Å². The van der Waals surface area contributed by atoms with Crippen molar-refractivity contribution >= 4 is 23.2 Å². The van der Waals surface area contributed by atoms with Crippen LogP contribution in [-0.2, 0) is 9.59 Å². The van der Waals surface area contributed by atoms with E-state index < -0.39 is 28.6 Å². The van der Waals surface area contributed by atoms with Gasteiger partial charge in [-0.15, -0.1) is 0 Å². The number of nitrogens with one attached hydrogen (secondary N) is 2. The fraction of sp³-hybridized carbons (Fsp3) is 0.200. The molecule has 2 amide bonds. The first-order valence-corrected chi connectivity index (χ1v) is 5.01. The molecule has 7 nitrogen and oxygen atoms in total. The van der Waals surface area contributed by atoms with E-state index in [-0.39, 0.29) is 17.8 Å². The van der Waals surface area contributed by atoms with Crippen LogP contribution in [0.3, 0.4) is 0 Å². The zero-order valence-corrected chi connectivity index (χ0v) is 8.97. The third-order valence-electron chi connectivity index (χ3n) is 2.46. The second kappa shape index (κ2) is 4.40. The first-order valence-electron chi connectivity index (χ1n) is 5.01. The Kier molecular flexibility index (Phi) is 2.92. The molecule has 1 saturated heterocycles. The van der Waals surface area contributed by atoms with Crippen LogP contribution in [0.15, 0.2) is 18.2 Å². The number of imide groups is 1. The van der Waals surface area contributed by atoms with Crippen LogP contribution in [0.4, 0.5) is 15.8 Å². The van der Waals surface area contributed by atoms with Crippen LogP contribution in [0, 0.1) is 15.9 Å². The van der Waals surface area contributed by atoms with Crippen LogP contribution in [0.25, 0.3) is 0 Å². The maximum Gasteiger partial charge on any atom is 0.272 e. The Balaban J connectivity index is 2.17. The number of nitrogens with zero attached hydrogens (tertiary/aromatic N) is 1. The molecule has 0 radical (unpaired) electrons. The van der Waals surface area contributed by atoms with Crippen LogP contribution in [-0.4, -0.2) is 22.8 Å². The molecule has 1 atom stereocenters. The monoisotopic (exact) mass is 253 g/mol. The molecular weight excluding hydrogens is 245 g/mol. The van der Waals surface area contributed by atoms with Gasteiger partial charge in [-0.2, -0.15) is 0 Å². The third-order valence-corrected chi connectivity index (χ3v) is 2.46. The molecule has 0 spiro atoms. The molecule has 1 aromatic rings. The number of benzene rings is 1. The highest BCUT2D eigenvalue weighted by molar-refractivity contribution is 6.06. The van der Waals surface area contributed by atoms with Crippen molar-refractivity contribution in [2.24, 2.45) is 0 Å². The summed E-state index contributed by atoms with van der Waals surface area (Å²) < 4.78 is 13.5. The van der Waals surface area contributed by atoms with Crippen LogP contribution in [0.1, 0.15) is 6.42 Å². The zero-order chi connectivity index (χ0) is 13.3. The number of amides is 2. The summed E-state index contributed by atoms with van der Waals surface area (Å²) in [6.07, 6.45) is -0.0880. The van der Waals surface area contributed by atoms with Crippen LogP contribution in [0.5, 0.6) is 0 Å². The number of anilines is 1. The lowest BCUT2D eigenvalue weighted by Gasteiger charge is -2.11. The van der Waals surface area contributed by atoms with Crippen molar-refractivity contribution in [2.45, 2.75) is 12.5 Å². The molecule has 1 fully saturated rings. The maximum absolute atomic E-state index is 13.5. The summed E-state index contributed by atoms with van der Waals surface area (Å²) in [7, 11) is 0. The van der Waals surface area contributed by atoms with Crippen molar-refractivity contribution in [2.75, 3.05) is 5.32 Å². The lowest BCUT2D eigenvalue weighted by molar-refractivity contribution is -0.385. The summed E-state index contributed by atoms with van der Waals surface area (Å²) >= 11 is 0. The topological polar surface area (TPSA) is 101 Å². The smallest absolute Gasteiger partial charge is 0.272 e. The van der Waals surface area contributed by atoms with Gasteiger partial charge in [0.25, 0.3) is 5.69 Å². The first-order chi connectivity index (χ1) is 8.47. The van der Waals surface area contributed by atoms with E-state index in [0.29, 0.717) is 0 Å². The summed E-state index contributed by atoms with van der Waals surface area (Å²) in [5.41, 5.74) is -0.444. The predicted octanol–water partition coefficient (Wildman–Crippen LogP) is 0.561. The maximum atomic E-state index is 13.5.